The molecule has 172 valence electrons. The number of thiazole rings is 1. The van der Waals surface area contributed by atoms with E-state index in [9.17, 15) is 14.4 Å². The highest BCUT2D eigenvalue weighted by Crippen LogP contribution is 2.68. The molecule has 7 nitrogen and oxygen atoms in total. The summed E-state index contributed by atoms with van der Waals surface area (Å²) in [6, 6.07) is 11.1. The third-order valence-corrected chi connectivity index (χ3v) is 10.7. The number of thioether (sulfide) groups is 1. The van der Waals surface area contributed by atoms with Gasteiger partial charge in [-0.3, -0.25) is 24.3 Å². The Morgan fingerprint density at radius 3 is 2.53 bits per heavy atom. The molecule has 5 unspecified atom stereocenters. The number of amides is 2. The largest absolute Gasteiger partial charge is 0.497 e. The highest BCUT2D eigenvalue weighted by atomic mass is 32.2. The number of imide groups is 1. The summed E-state index contributed by atoms with van der Waals surface area (Å²) in [5.74, 6) is 0.309. The lowest BCUT2D eigenvalue weighted by Gasteiger charge is -2.42. The minimum atomic E-state index is -0.308. The molecule has 4 heterocycles. The first kappa shape index (κ1) is 20.5. The number of H-pyrrole nitrogens is 1. The van der Waals surface area contributed by atoms with Crippen LogP contribution in [0.25, 0.3) is 0 Å². The van der Waals surface area contributed by atoms with Crippen LogP contribution in [0.4, 0.5) is 5.69 Å². The van der Waals surface area contributed by atoms with Crippen molar-refractivity contribution in [3.8, 4) is 5.75 Å². The summed E-state index contributed by atoms with van der Waals surface area (Å²) in [4.78, 5) is 49.4. The number of aromatic amines is 1. The predicted octanol–water partition coefficient (Wildman–Crippen LogP) is 3.52. The second-order valence-electron chi connectivity index (χ2n) is 9.46. The lowest BCUT2D eigenvalue weighted by Crippen LogP contribution is -2.42. The second kappa shape index (κ2) is 7.29. The molecule has 1 aromatic carbocycles. The minimum Gasteiger partial charge on any atom is -0.497 e. The lowest BCUT2D eigenvalue weighted by molar-refractivity contribution is -0.123. The molecule has 2 aliphatic carbocycles. The van der Waals surface area contributed by atoms with Crippen molar-refractivity contribution in [2.75, 3.05) is 12.0 Å². The van der Waals surface area contributed by atoms with Crippen molar-refractivity contribution in [3.63, 3.8) is 0 Å². The minimum absolute atomic E-state index is 0.00721. The van der Waals surface area contributed by atoms with Crippen LogP contribution in [0.5, 0.6) is 5.75 Å². The molecule has 0 spiro atoms. The Morgan fingerprint density at radius 2 is 1.82 bits per heavy atom. The normalized spacial score (nSPS) is 33.1. The van der Waals surface area contributed by atoms with E-state index in [0.717, 1.165) is 21.9 Å². The van der Waals surface area contributed by atoms with E-state index in [0.29, 0.717) is 11.4 Å². The molecule has 3 fully saturated rings. The van der Waals surface area contributed by atoms with Crippen LogP contribution in [-0.4, -0.2) is 34.1 Å². The van der Waals surface area contributed by atoms with Gasteiger partial charge in [0, 0.05) is 28.4 Å². The van der Waals surface area contributed by atoms with Crippen molar-refractivity contribution >= 4 is 40.6 Å². The fraction of sp³-hybridized carbons (Fsp3) is 0.360. The van der Waals surface area contributed by atoms with E-state index in [1.165, 1.54) is 16.2 Å². The molecule has 2 saturated carbocycles. The number of methoxy groups -OCH3 is 1. The van der Waals surface area contributed by atoms with E-state index in [2.05, 4.69) is 16.0 Å². The molecule has 7 rings (SSSR count). The van der Waals surface area contributed by atoms with Crippen molar-refractivity contribution in [2.24, 2.45) is 29.6 Å². The van der Waals surface area contributed by atoms with Gasteiger partial charge < -0.3 is 9.72 Å². The molecule has 2 aromatic heterocycles. The van der Waals surface area contributed by atoms with Gasteiger partial charge in [-0.1, -0.05) is 17.4 Å². The number of fused-ring (bicyclic) bond motifs is 9. The molecular formula is C25H21N3O4S2. The molecule has 2 amide bonds. The van der Waals surface area contributed by atoms with Crippen LogP contribution in [0.2, 0.25) is 0 Å². The smallest absolute Gasteiger partial charge is 0.305 e. The van der Waals surface area contributed by atoms with Crippen molar-refractivity contribution in [3.05, 3.63) is 68.9 Å². The molecule has 2 aliphatic heterocycles. The molecule has 34 heavy (non-hydrogen) atoms. The van der Waals surface area contributed by atoms with Crippen LogP contribution in [0.15, 0.2) is 58.6 Å². The number of anilines is 1. The zero-order chi connectivity index (χ0) is 23.1. The summed E-state index contributed by atoms with van der Waals surface area (Å²) in [6.07, 6.45) is 4.50. The van der Waals surface area contributed by atoms with Crippen LogP contribution >= 0.6 is 23.1 Å². The molecule has 2 bridgehead atoms. The van der Waals surface area contributed by atoms with Crippen LogP contribution in [0, 0.1) is 29.6 Å². The van der Waals surface area contributed by atoms with E-state index < -0.39 is 0 Å². The van der Waals surface area contributed by atoms with E-state index in [-0.39, 0.29) is 57.4 Å². The number of rotatable bonds is 3. The number of hydrogen-bond donors (Lipinski definition) is 1. The predicted molar refractivity (Wildman–Crippen MR) is 128 cm³/mol. The van der Waals surface area contributed by atoms with Gasteiger partial charge in [0.25, 0.3) is 0 Å². The monoisotopic (exact) mass is 491 g/mol. The maximum atomic E-state index is 13.7. The fourth-order valence-corrected chi connectivity index (χ4v) is 9.82. The SMILES string of the molecule is COc1ccc(N2C(=O)C3C(C2=O)[C@@H]2C[C@H]3C3Sc4[nH]c(=O)sc4C(c4cccnc4)C32)cc1. The topological polar surface area (TPSA) is 92.4 Å². The van der Waals surface area contributed by atoms with Gasteiger partial charge in [-0.25, -0.2) is 0 Å². The first-order valence-corrected chi connectivity index (χ1v) is 13.1. The second-order valence-corrected chi connectivity index (χ2v) is 11.7. The first-order valence-electron chi connectivity index (χ1n) is 11.4. The van der Waals surface area contributed by atoms with E-state index in [1.54, 1.807) is 49.3 Å². The zero-order valence-electron chi connectivity index (χ0n) is 18.2. The number of carbonyl (C=O) groups excluding carboxylic acids is 2. The van der Waals surface area contributed by atoms with Gasteiger partial charge in [0.15, 0.2) is 0 Å². The van der Waals surface area contributed by atoms with Gasteiger partial charge in [-0.15, -0.1) is 11.8 Å². The molecular weight excluding hydrogens is 470 g/mol. The van der Waals surface area contributed by atoms with Gasteiger partial charge in [0.2, 0.25) is 11.8 Å². The average molecular weight is 492 g/mol. The Balaban J connectivity index is 1.30. The molecule has 1 saturated heterocycles. The Kier molecular flexibility index (Phi) is 4.39. The summed E-state index contributed by atoms with van der Waals surface area (Å²) in [5.41, 5.74) is 1.68. The van der Waals surface area contributed by atoms with E-state index in [4.69, 9.17) is 4.74 Å². The molecule has 4 aliphatic rings. The van der Waals surface area contributed by atoms with Crippen LogP contribution in [0.3, 0.4) is 0 Å². The molecule has 3 aromatic rings. The highest BCUT2D eigenvalue weighted by molar-refractivity contribution is 8.00. The Labute approximate surface area is 203 Å². The van der Waals surface area contributed by atoms with Crippen molar-refractivity contribution in [1.82, 2.24) is 9.97 Å². The number of carbonyl (C=O) groups is 2. The number of aromatic nitrogens is 2. The Morgan fingerprint density at radius 1 is 1.06 bits per heavy atom. The highest BCUT2D eigenvalue weighted by Gasteiger charge is 2.69. The number of hydrogen-bond acceptors (Lipinski definition) is 7. The van der Waals surface area contributed by atoms with Crippen LogP contribution in [0.1, 0.15) is 22.8 Å². The molecule has 9 heteroatoms. The average Bonchev–Trinajstić information content (AvgIpc) is 3.58. The standard InChI is InChI=1S/C25H21N3O4S2/c1-32-13-6-4-12(5-7-13)28-23(29)18-14-9-15(19(18)24(28)30)20-17(14)16(11-3-2-8-26-10-11)21-22(33-20)27-25(31)34-21/h2-8,10,14-20H,9H2,1H3,(H,27,31)/t14-,15-,16?,17?,18?,19?,20?/m1/s1. The van der Waals surface area contributed by atoms with E-state index in [1.807, 2.05) is 12.3 Å². The summed E-state index contributed by atoms with van der Waals surface area (Å²) < 4.78 is 5.23. The number of nitrogens with one attached hydrogen (secondary N) is 1. The van der Waals surface area contributed by atoms with Gasteiger partial charge in [0.1, 0.15) is 5.75 Å². The van der Waals surface area contributed by atoms with Crippen LogP contribution in [-0.2, 0) is 9.59 Å². The quantitative estimate of drug-likeness (QED) is 0.564. The molecule has 1 N–H and O–H groups in total. The molecule has 0 radical (unpaired) electrons. The molecule has 7 atom stereocenters. The van der Waals surface area contributed by atoms with Gasteiger partial charge in [-0.2, -0.15) is 0 Å². The van der Waals surface area contributed by atoms with Crippen molar-refractivity contribution in [1.29, 1.82) is 0 Å². The number of pyridine rings is 1. The number of ether oxygens (including phenoxy) is 1. The van der Waals surface area contributed by atoms with E-state index >= 15 is 0 Å². The lowest BCUT2D eigenvalue weighted by atomic mass is 9.68. The Hall–Kier alpha value is -2.91. The third kappa shape index (κ3) is 2.65. The fourth-order valence-electron chi connectivity index (χ4n) is 6.94. The zero-order valence-corrected chi connectivity index (χ0v) is 19.8. The van der Waals surface area contributed by atoms with Crippen molar-refractivity contribution in [2.45, 2.75) is 22.6 Å². The summed E-state index contributed by atoms with van der Waals surface area (Å²) in [6.45, 7) is 0. The van der Waals surface area contributed by atoms with Crippen LogP contribution < -0.4 is 14.5 Å². The number of nitrogens with zero attached hydrogens (tertiary/aromatic N) is 2. The maximum absolute atomic E-state index is 13.7. The summed E-state index contributed by atoms with van der Waals surface area (Å²) >= 11 is 2.96. The van der Waals surface area contributed by atoms with Gasteiger partial charge in [-0.05, 0) is 60.1 Å². The van der Waals surface area contributed by atoms with Gasteiger partial charge in [0.05, 0.1) is 29.7 Å². The summed E-state index contributed by atoms with van der Waals surface area (Å²) in [7, 11) is 1.59. The van der Waals surface area contributed by atoms with Crippen molar-refractivity contribution < 1.29 is 14.3 Å². The Bertz CT molecular complexity index is 1370. The third-order valence-electron chi connectivity index (χ3n) is 8.10. The maximum Gasteiger partial charge on any atom is 0.305 e. The number of benzene rings is 1. The first-order chi connectivity index (χ1) is 16.6. The summed E-state index contributed by atoms with van der Waals surface area (Å²) in [5, 5.41) is 1.10. The van der Waals surface area contributed by atoms with Gasteiger partial charge >= 0.3 is 4.87 Å².